The lowest BCUT2D eigenvalue weighted by atomic mass is 10.1. The van der Waals surface area contributed by atoms with Crippen molar-refractivity contribution in [1.82, 2.24) is 15.1 Å². The van der Waals surface area contributed by atoms with Crippen LogP contribution in [0.3, 0.4) is 0 Å². The summed E-state index contributed by atoms with van der Waals surface area (Å²) in [6.45, 7) is 9.35. The van der Waals surface area contributed by atoms with Gasteiger partial charge >= 0.3 is 0 Å². The summed E-state index contributed by atoms with van der Waals surface area (Å²) in [5.41, 5.74) is 0. The maximum absolute atomic E-state index is 10.8. The number of hydrogen-bond acceptors (Lipinski definition) is 3. The summed E-state index contributed by atoms with van der Waals surface area (Å²) in [6.07, 6.45) is 22.7. The molecule has 1 heterocycles. The molecule has 0 aliphatic carbocycles. The molecule has 0 aromatic heterocycles. The van der Waals surface area contributed by atoms with E-state index in [9.17, 15) is 4.79 Å². The third kappa shape index (κ3) is 13.6. The molecule has 1 rings (SSSR count). The molecule has 2 atom stereocenters. The molecule has 4 heteroatoms. The minimum atomic E-state index is 0.345. The normalized spacial score (nSPS) is 19.6. The van der Waals surface area contributed by atoms with Gasteiger partial charge in [0.1, 0.15) is 0 Å². The fourth-order valence-corrected chi connectivity index (χ4v) is 4.89. The first-order valence-corrected chi connectivity index (χ1v) is 13.3. The molecular formula is C26H53N3O. The van der Waals surface area contributed by atoms with Crippen molar-refractivity contribution in [3.8, 4) is 0 Å². The number of likely N-dealkylation sites (N-methyl/N-ethyl adjacent to an activating group) is 1. The summed E-state index contributed by atoms with van der Waals surface area (Å²) < 4.78 is 0. The van der Waals surface area contributed by atoms with E-state index in [4.69, 9.17) is 0 Å². The molecule has 0 bridgehead atoms. The lowest BCUT2D eigenvalue weighted by Crippen LogP contribution is -2.33. The highest BCUT2D eigenvalue weighted by Gasteiger charge is 2.29. The molecule has 4 nitrogen and oxygen atoms in total. The van der Waals surface area contributed by atoms with Gasteiger partial charge in [0, 0.05) is 18.6 Å². The van der Waals surface area contributed by atoms with E-state index in [0.29, 0.717) is 12.1 Å². The van der Waals surface area contributed by atoms with Gasteiger partial charge in [0.05, 0.1) is 0 Å². The van der Waals surface area contributed by atoms with Crippen LogP contribution in [0.4, 0.5) is 0 Å². The largest absolute Gasteiger partial charge is 0.355 e. The van der Waals surface area contributed by atoms with Crippen LogP contribution in [0.25, 0.3) is 0 Å². The van der Waals surface area contributed by atoms with Gasteiger partial charge in [0.25, 0.3) is 0 Å². The molecule has 1 saturated heterocycles. The van der Waals surface area contributed by atoms with Crippen LogP contribution in [0.5, 0.6) is 0 Å². The summed E-state index contributed by atoms with van der Waals surface area (Å²) in [6, 6.07) is 0.963. The fraction of sp³-hybridized carbons (Fsp3) is 0.962. The third-order valence-corrected chi connectivity index (χ3v) is 6.93. The molecule has 0 aromatic carbocycles. The Labute approximate surface area is 188 Å². The van der Waals surface area contributed by atoms with E-state index in [1.54, 1.807) is 0 Å². The molecule has 1 aliphatic heterocycles. The Morgan fingerprint density at radius 1 is 0.800 bits per heavy atom. The van der Waals surface area contributed by atoms with Crippen LogP contribution in [-0.2, 0) is 4.79 Å². The predicted molar refractivity (Wildman–Crippen MR) is 131 cm³/mol. The van der Waals surface area contributed by atoms with Crippen molar-refractivity contribution in [3.05, 3.63) is 0 Å². The number of nitrogens with zero attached hydrogens (tertiary/aromatic N) is 2. The molecule has 1 amide bonds. The Kier molecular flexibility index (Phi) is 17.5. The van der Waals surface area contributed by atoms with E-state index in [1.807, 2.05) is 0 Å². The number of carbonyl (C=O) groups is 1. The molecule has 0 radical (unpaired) electrons. The maximum atomic E-state index is 10.8. The van der Waals surface area contributed by atoms with Crippen LogP contribution in [0.2, 0.25) is 0 Å². The second-order valence-corrected chi connectivity index (χ2v) is 9.68. The van der Waals surface area contributed by atoms with Crippen molar-refractivity contribution in [2.75, 3.05) is 33.2 Å². The summed E-state index contributed by atoms with van der Waals surface area (Å²) in [7, 11) is 2.22. The molecule has 1 fully saturated rings. The molecule has 30 heavy (non-hydrogen) atoms. The topological polar surface area (TPSA) is 35.6 Å². The number of amides is 1. The summed E-state index contributed by atoms with van der Waals surface area (Å²) >= 11 is 0. The first kappa shape index (κ1) is 27.4. The van der Waals surface area contributed by atoms with E-state index in [1.165, 1.54) is 116 Å². The molecule has 0 saturated carbocycles. The van der Waals surface area contributed by atoms with Crippen LogP contribution < -0.4 is 5.32 Å². The van der Waals surface area contributed by atoms with Gasteiger partial charge in [-0.1, -0.05) is 90.9 Å². The number of likely N-dealkylation sites (tertiary alicyclic amines) is 1. The van der Waals surface area contributed by atoms with Crippen molar-refractivity contribution < 1.29 is 4.79 Å². The SMILES string of the molecule is CCCCCCCCCN(CCCCCCCCC)CCC1CC(NC=O)CN1C. The van der Waals surface area contributed by atoms with Crippen LogP contribution in [0, 0.1) is 0 Å². The number of rotatable bonds is 21. The number of nitrogens with one attached hydrogen (secondary N) is 1. The third-order valence-electron chi connectivity index (χ3n) is 6.93. The summed E-state index contributed by atoms with van der Waals surface area (Å²) in [4.78, 5) is 15.9. The highest BCUT2D eigenvalue weighted by molar-refractivity contribution is 5.46. The molecule has 1 aliphatic rings. The molecule has 178 valence electrons. The second kappa shape index (κ2) is 19.1. The molecule has 0 aromatic rings. The van der Waals surface area contributed by atoms with Crippen LogP contribution >= 0.6 is 0 Å². The highest BCUT2D eigenvalue weighted by atomic mass is 16.1. The zero-order chi connectivity index (χ0) is 21.9. The van der Waals surface area contributed by atoms with Crippen molar-refractivity contribution in [3.63, 3.8) is 0 Å². The zero-order valence-corrected chi connectivity index (χ0v) is 20.7. The first-order chi connectivity index (χ1) is 14.7. The van der Waals surface area contributed by atoms with Gasteiger partial charge < -0.3 is 15.1 Å². The predicted octanol–water partition coefficient (Wildman–Crippen LogP) is 6.00. The first-order valence-electron chi connectivity index (χ1n) is 13.3. The van der Waals surface area contributed by atoms with Crippen molar-refractivity contribution >= 4 is 6.41 Å². The van der Waals surface area contributed by atoms with Gasteiger partial charge in [0.2, 0.25) is 6.41 Å². The fourth-order valence-electron chi connectivity index (χ4n) is 4.89. The molecule has 2 unspecified atom stereocenters. The molecule has 0 spiro atoms. The Hall–Kier alpha value is -0.610. The van der Waals surface area contributed by atoms with Crippen LogP contribution in [-0.4, -0.2) is 61.5 Å². The monoisotopic (exact) mass is 423 g/mol. The van der Waals surface area contributed by atoms with Gasteiger partial charge in [-0.05, 0) is 52.4 Å². The van der Waals surface area contributed by atoms with Crippen LogP contribution in [0.1, 0.15) is 117 Å². The van der Waals surface area contributed by atoms with Crippen molar-refractivity contribution in [2.24, 2.45) is 0 Å². The standard InChI is InChI=1S/C26H53N3O/c1-4-6-8-10-12-14-16-19-29(20-17-15-13-11-9-7-5-2)21-18-26-22-25(27-24-30)23-28(26)3/h24-26H,4-23H2,1-3H3,(H,27,30). The Bertz CT molecular complexity index is 372. The minimum Gasteiger partial charge on any atom is -0.355 e. The summed E-state index contributed by atoms with van der Waals surface area (Å²) in [5, 5.41) is 2.98. The average Bonchev–Trinajstić information content (AvgIpc) is 3.09. The zero-order valence-electron chi connectivity index (χ0n) is 20.7. The van der Waals surface area contributed by atoms with Crippen molar-refractivity contribution in [2.45, 2.75) is 129 Å². The number of hydrogen-bond donors (Lipinski definition) is 1. The summed E-state index contributed by atoms with van der Waals surface area (Å²) in [5.74, 6) is 0. The van der Waals surface area contributed by atoms with E-state index in [0.717, 1.165) is 19.4 Å². The Morgan fingerprint density at radius 3 is 1.80 bits per heavy atom. The van der Waals surface area contributed by atoms with E-state index in [2.05, 4.69) is 36.0 Å². The van der Waals surface area contributed by atoms with Gasteiger partial charge in [-0.15, -0.1) is 0 Å². The van der Waals surface area contributed by atoms with Gasteiger partial charge in [-0.3, -0.25) is 4.79 Å². The Morgan fingerprint density at radius 2 is 1.30 bits per heavy atom. The van der Waals surface area contributed by atoms with Crippen molar-refractivity contribution in [1.29, 1.82) is 0 Å². The van der Waals surface area contributed by atoms with Crippen LogP contribution in [0.15, 0.2) is 0 Å². The second-order valence-electron chi connectivity index (χ2n) is 9.68. The maximum Gasteiger partial charge on any atom is 0.207 e. The minimum absolute atomic E-state index is 0.345. The Balaban J connectivity index is 2.27. The smallest absolute Gasteiger partial charge is 0.207 e. The average molecular weight is 424 g/mol. The quantitative estimate of drug-likeness (QED) is 0.182. The molecular weight excluding hydrogens is 370 g/mol. The number of carbonyl (C=O) groups excluding carboxylic acids is 1. The van der Waals surface area contributed by atoms with Gasteiger partial charge in [-0.25, -0.2) is 0 Å². The van der Waals surface area contributed by atoms with Gasteiger partial charge in [0.15, 0.2) is 0 Å². The lowest BCUT2D eigenvalue weighted by Gasteiger charge is -2.26. The lowest BCUT2D eigenvalue weighted by molar-refractivity contribution is -0.110. The van der Waals surface area contributed by atoms with E-state index >= 15 is 0 Å². The highest BCUT2D eigenvalue weighted by Crippen LogP contribution is 2.19. The van der Waals surface area contributed by atoms with E-state index in [-0.39, 0.29) is 0 Å². The van der Waals surface area contributed by atoms with E-state index < -0.39 is 0 Å². The van der Waals surface area contributed by atoms with Gasteiger partial charge in [-0.2, -0.15) is 0 Å². The number of unbranched alkanes of at least 4 members (excludes halogenated alkanes) is 12. The molecule has 1 N–H and O–H groups in total.